The lowest BCUT2D eigenvalue weighted by Gasteiger charge is -2.19. The average molecular weight is 279 g/mol. The SMILES string of the molecule is C1CNC(c2nn3c(C4CCOCC4)nnc3s2)C1. The number of nitrogens with zero attached hydrogens (tertiary/aromatic N) is 4. The maximum atomic E-state index is 5.41. The monoisotopic (exact) mass is 279 g/mol. The second-order valence-electron chi connectivity index (χ2n) is 5.23. The summed E-state index contributed by atoms with van der Waals surface area (Å²) in [6.07, 6.45) is 4.46. The first-order valence-corrected chi connectivity index (χ1v) is 7.76. The minimum Gasteiger partial charge on any atom is -0.381 e. The van der Waals surface area contributed by atoms with E-state index >= 15 is 0 Å². The molecule has 2 saturated heterocycles. The summed E-state index contributed by atoms with van der Waals surface area (Å²) >= 11 is 1.66. The highest BCUT2D eigenvalue weighted by molar-refractivity contribution is 7.16. The van der Waals surface area contributed by atoms with Crippen LogP contribution in [0.25, 0.3) is 4.96 Å². The maximum Gasteiger partial charge on any atom is 0.234 e. The maximum absolute atomic E-state index is 5.41. The van der Waals surface area contributed by atoms with E-state index in [4.69, 9.17) is 9.84 Å². The number of ether oxygens (including phenoxy) is 1. The zero-order chi connectivity index (χ0) is 12.7. The summed E-state index contributed by atoms with van der Waals surface area (Å²) in [7, 11) is 0. The highest BCUT2D eigenvalue weighted by Gasteiger charge is 2.26. The van der Waals surface area contributed by atoms with Gasteiger partial charge in [0.1, 0.15) is 5.01 Å². The lowest BCUT2D eigenvalue weighted by molar-refractivity contribution is 0.0831. The van der Waals surface area contributed by atoms with Gasteiger partial charge in [-0.1, -0.05) is 11.3 Å². The fraction of sp³-hybridized carbons (Fsp3) is 0.750. The topological polar surface area (TPSA) is 64.3 Å². The molecule has 1 unspecified atom stereocenters. The van der Waals surface area contributed by atoms with Crippen molar-refractivity contribution in [3.63, 3.8) is 0 Å². The van der Waals surface area contributed by atoms with Gasteiger partial charge in [0.25, 0.3) is 0 Å². The summed E-state index contributed by atoms with van der Waals surface area (Å²) in [6.45, 7) is 2.74. The molecular formula is C12H17N5OS. The quantitative estimate of drug-likeness (QED) is 0.902. The van der Waals surface area contributed by atoms with Crippen LogP contribution in [-0.4, -0.2) is 39.6 Å². The van der Waals surface area contributed by atoms with E-state index in [9.17, 15) is 0 Å². The van der Waals surface area contributed by atoms with Crippen LogP contribution in [0.1, 0.15) is 48.5 Å². The predicted molar refractivity (Wildman–Crippen MR) is 71.4 cm³/mol. The fourth-order valence-electron chi connectivity index (χ4n) is 2.89. The van der Waals surface area contributed by atoms with Crippen molar-refractivity contribution >= 4 is 16.3 Å². The van der Waals surface area contributed by atoms with E-state index in [2.05, 4.69) is 15.5 Å². The molecule has 0 radical (unpaired) electrons. The van der Waals surface area contributed by atoms with Gasteiger partial charge in [-0.2, -0.15) is 9.61 Å². The van der Waals surface area contributed by atoms with E-state index in [0.29, 0.717) is 12.0 Å². The van der Waals surface area contributed by atoms with Crippen molar-refractivity contribution in [1.29, 1.82) is 0 Å². The molecule has 0 saturated carbocycles. The summed E-state index contributed by atoms with van der Waals surface area (Å²) in [5.74, 6) is 1.45. The molecule has 0 spiro atoms. The van der Waals surface area contributed by atoms with Crippen molar-refractivity contribution in [2.45, 2.75) is 37.6 Å². The Morgan fingerprint density at radius 2 is 2.11 bits per heavy atom. The molecule has 2 aromatic rings. The Morgan fingerprint density at radius 3 is 2.89 bits per heavy atom. The minimum atomic E-state index is 0.411. The molecule has 0 amide bonds. The zero-order valence-corrected chi connectivity index (χ0v) is 11.5. The smallest absolute Gasteiger partial charge is 0.234 e. The van der Waals surface area contributed by atoms with Gasteiger partial charge in [0, 0.05) is 19.1 Å². The first-order valence-electron chi connectivity index (χ1n) is 6.95. The lowest BCUT2D eigenvalue weighted by Crippen LogP contribution is -2.17. The summed E-state index contributed by atoms with van der Waals surface area (Å²) in [5.41, 5.74) is 0. The molecule has 6 nitrogen and oxygen atoms in total. The van der Waals surface area contributed by atoms with Gasteiger partial charge in [0.2, 0.25) is 4.96 Å². The first kappa shape index (κ1) is 11.7. The number of aromatic nitrogens is 4. The van der Waals surface area contributed by atoms with Crippen LogP contribution in [-0.2, 0) is 4.74 Å². The van der Waals surface area contributed by atoms with Crippen LogP contribution in [0.3, 0.4) is 0 Å². The summed E-state index contributed by atoms with van der Waals surface area (Å²) in [6, 6.07) is 0.411. The number of nitrogens with one attached hydrogen (secondary N) is 1. The molecule has 1 N–H and O–H groups in total. The third-order valence-electron chi connectivity index (χ3n) is 3.98. The largest absolute Gasteiger partial charge is 0.381 e. The molecule has 4 rings (SSSR count). The van der Waals surface area contributed by atoms with Crippen LogP contribution in [0.2, 0.25) is 0 Å². The Labute approximate surface area is 115 Å². The van der Waals surface area contributed by atoms with Gasteiger partial charge in [-0.25, -0.2) is 0 Å². The van der Waals surface area contributed by atoms with Crippen LogP contribution in [0.5, 0.6) is 0 Å². The summed E-state index contributed by atoms with van der Waals surface area (Å²) in [4.78, 5) is 0.921. The highest BCUT2D eigenvalue weighted by atomic mass is 32.1. The van der Waals surface area contributed by atoms with E-state index < -0.39 is 0 Å². The van der Waals surface area contributed by atoms with Gasteiger partial charge in [0.15, 0.2) is 5.82 Å². The molecule has 0 aromatic carbocycles. The fourth-order valence-corrected chi connectivity index (χ4v) is 3.85. The van der Waals surface area contributed by atoms with Crippen molar-refractivity contribution in [2.24, 2.45) is 0 Å². The third kappa shape index (κ3) is 2.05. The van der Waals surface area contributed by atoms with Gasteiger partial charge in [-0.15, -0.1) is 10.2 Å². The Balaban J connectivity index is 1.67. The molecule has 0 bridgehead atoms. The Hall–Kier alpha value is -1.05. The molecule has 2 aromatic heterocycles. The second-order valence-corrected chi connectivity index (χ2v) is 6.22. The molecule has 19 heavy (non-hydrogen) atoms. The standard InChI is InChI=1S/C12H17N5OS/c1-2-9(13-5-1)11-16-17-10(14-15-12(17)19-11)8-3-6-18-7-4-8/h8-9,13H,1-7H2. The number of fused-ring (bicyclic) bond motifs is 1. The lowest BCUT2D eigenvalue weighted by atomic mass is 10.00. The predicted octanol–water partition coefficient (Wildman–Crippen LogP) is 1.50. The van der Waals surface area contributed by atoms with Crippen LogP contribution in [0, 0.1) is 0 Å². The van der Waals surface area contributed by atoms with E-state index in [-0.39, 0.29) is 0 Å². The summed E-state index contributed by atoms with van der Waals surface area (Å²) in [5, 5.41) is 18.0. The highest BCUT2D eigenvalue weighted by Crippen LogP contribution is 2.30. The van der Waals surface area contributed by atoms with Crippen molar-refractivity contribution in [3.05, 3.63) is 10.8 Å². The molecule has 1 atom stereocenters. The van der Waals surface area contributed by atoms with Gasteiger partial charge >= 0.3 is 0 Å². The van der Waals surface area contributed by atoms with Gasteiger partial charge < -0.3 is 10.1 Å². The average Bonchev–Trinajstić information content (AvgIpc) is 3.15. The van der Waals surface area contributed by atoms with Crippen LogP contribution >= 0.6 is 11.3 Å². The van der Waals surface area contributed by atoms with E-state index in [1.54, 1.807) is 11.3 Å². The second kappa shape index (κ2) is 4.81. The molecule has 7 heteroatoms. The van der Waals surface area contributed by atoms with E-state index in [1.807, 2.05) is 4.52 Å². The Morgan fingerprint density at radius 1 is 1.21 bits per heavy atom. The Kier molecular flexibility index (Phi) is 2.97. The minimum absolute atomic E-state index is 0.411. The summed E-state index contributed by atoms with van der Waals surface area (Å²) < 4.78 is 7.37. The Bertz CT molecular complexity index is 568. The van der Waals surface area contributed by atoms with Crippen molar-refractivity contribution < 1.29 is 4.74 Å². The van der Waals surface area contributed by atoms with Crippen LogP contribution < -0.4 is 5.32 Å². The zero-order valence-electron chi connectivity index (χ0n) is 10.7. The molecular weight excluding hydrogens is 262 g/mol. The molecule has 2 aliphatic heterocycles. The van der Waals surface area contributed by atoms with Crippen LogP contribution in [0.4, 0.5) is 0 Å². The van der Waals surface area contributed by atoms with Crippen LogP contribution in [0.15, 0.2) is 0 Å². The first-order chi connectivity index (χ1) is 9.42. The van der Waals surface area contributed by atoms with Crippen molar-refractivity contribution in [1.82, 2.24) is 25.1 Å². The molecule has 0 aliphatic carbocycles. The van der Waals surface area contributed by atoms with Crippen molar-refractivity contribution in [3.8, 4) is 0 Å². The molecule has 2 fully saturated rings. The van der Waals surface area contributed by atoms with E-state index in [0.717, 1.165) is 48.4 Å². The number of rotatable bonds is 2. The van der Waals surface area contributed by atoms with Gasteiger partial charge in [-0.3, -0.25) is 0 Å². The van der Waals surface area contributed by atoms with E-state index in [1.165, 1.54) is 12.8 Å². The normalized spacial score (nSPS) is 25.4. The number of hydrogen-bond acceptors (Lipinski definition) is 6. The van der Waals surface area contributed by atoms with Gasteiger partial charge in [0.05, 0.1) is 6.04 Å². The van der Waals surface area contributed by atoms with Crippen molar-refractivity contribution in [2.75, 3.05) is 19.8 Å². The molecule has 102 valence electrons. The van der Waals surface area contributed by atoms with Gasteiger partial charge in [-0.05, 0) is 32.2 Å². The number of hydrogen-bond donors (Lipinski definition) is 1. The molecule has 4 heterocycles. The molecule has 2 aliphatic rings. The third-order valence-corrected chi connectivity index (χ3v) is 4.99.